The molecule has 0 spiro atoms. The van der Waals surface area contributed by atoms with Crippen LogP contribution in [-0.4, -0.2) is 27.9 Å². The van der Waals surface area contributed by atoms with Crippen LogP contribution in [0.15, 0.2) is 53.4 Å². The van der Waals surface area contributed by atoms with E-state index in [1.165, 1.54) is 49.5 Å². The van der Waals surface area contributed by atoms with Gasteiger partial charge in [0, 0.05) is 19.2 Å². The van der Waals surface area contributed by atoms with E-state index >= 15 is 0 Å². The third-order valence-corrected chi connectivity index (χ3v) is 5.25. The molecule has 0 aliphatic carbocycles. The first kappa shape index (κ1) is 17.9. The maximum Gasteiger partial charge on any atom is 0.264 e. The van der Waals surface area contributed by atoms with E-state index in [-0.39, 0.29) is 22.1 Å². The minimum absolute atomic E-state index is 0.0571. The van der Waals surface area contributed by atoms with Crippen molar-refractivity contribution in [3.63, 3.8) is 0 Å². The summed E-state index contributed by atoms with van der Waals surface area (Å²) in [6, 6.07) is 11.3. The number of carbonyl (C=O) groups excluding carboxylic acids is 1. The summed E-state index contributed by atoms with van der Waals surface area (Å²) in [6.07, 6.45) is 0.778. The molecule has 0 aliphatic rings. The number of nitrogens with one attached hydrogen (secondary N) is 1. The molecule has 2 aromatic carbocycles. The van der Waals surface area contributed by atoms with E-state index in [1.807, 2.05) is 6.92 Å². The van der Waals surface area contributed by atoms with Crippen LogP contribution in [0.2, 0.25) is 0 Å². The third kappa shape index (κ3) is 3.73. The molecule has 0 saturated heterocycles. The summed E-state index contributed by atoms with van der Waals surface area (Å²) < 4.78 is 40.1. The predicted octanol–water partition coefficient (Wildman–Crippen LogP) is 2.79. The van der Waals surface area contributed by atoms with Crippen LogP contribution < -0.4 is 9.62 Å². The molecule has 0 heterocycles. The maximum absolute atomic E-state index is 13.9. The third-order valence-electron chi connectivity index (χ3n) is 3.48. The molecule has 0 unspecified atom stereocenters. The second kappa shape index (κ2) is 7.44. The summed E-state index contributed by atoms with van der Waals surface area (Å²) >= 11 is 0. The highest BCUT2D eigenvalue weighted by molar-refractivity contribution is 7.92. The van der Waals surface area contributed by atoms with Crippen LogP contribution in [-0.2, 0) is 10.0 Å². The standard InChI is InChI=1S/C17H19FN2O3S/c1-3-11-19-17(21)13-7-6-8-14(12-13)24(22,23)20(2)16-10-5-4-9-15(16)18/h4-10,12H,3,11H2,1-2H3,(H,19,21). The van der Waals surface area contributed by atoms with E-state index in [2.05, 4.69) is 5.32 Å². The van der Waals surface area contributed by atoms with Gasteiger partial charge in [-0.05, 0) is 36.8 Å². The molecule has 7 heteroatoms. The van der Waals surface area contributed by atoms with Gasteiger partial charge >= 0.3 is 0 Å². The second-order valence-electron chi connectivity index (χ2n) is 5.21. The van der Waals surface area contributed by atoms with Crippen LogP contribution in [0.3, 0.4) is 0 Å². The fraction of sp³-hybridized carbons (Fsp3) is 0.235. The highest BCUT2D eigenvalue weighted by Gasteiger charge is 2.24. The van der Waals surface area contributed by atoms with E-state index in [0.29, 0.717) is 6.54 Å². The number of nitrogens with zero attached hydrogens (tertiary/aromatic N) is 1. The summed E-state index contributed by atoms with van der Waals surface area (Å²) in [7, 11) is -2.70. The lowest BCUT2D eigenvalue weighted by Crippen LogP contribution is -2.28. The van der Waals surface area contributed by atoms with Crippen LogP contribution in [0.5, 0.6) is 0 Å². The Hall–Kier alpha value is -2.41. The molecule has 1 amide bonds. The van der Waals surface area contributed by atoms with Crippen LogP contribution in [0.25, 0.3) is 0 Å². The molecule has 24 heavy (non-hydrogen) atoms. The number of sulfonamides is 1. The van der Waals surface area contributed by atoms with Crippen molar-refractivity contribution in [3.05, 3.63) is 59.9 Å². The van der Waals surface area contributed by atoms with Crippen molar-refractivity contribution in [2.75, 3.05) is 17.9 Å². The minimum Gasteiger partial charge on any atom is -0.352 e. The quantitative estimate of drug-likeness (QED) is 0.871. The average molecular weight is 350 g/mol. The smallest absolute Gasteiger partial charge is 0.264 e. The van der Waals surface area contributed by atoms with Gasteiger partial charge in [-0.3, -0.25) is 9.10 Å². The Kier molecular flexibility index (Phi) is 5.56. The number of anilines is 1. The Labute approximate surface area is 141 Å². The summed E-state index contributed by atoms with van der Waals surface area (Å²) in [5.74, 6) is -0.983. The van der Waals surface area contributed by atoms with Gasteiger partial charge in [-0.15, -0.1) is 0 Å². The number of amides is 1. The molecule has 0 bridgehead atoms. The number of hydrogen-bond donors (Lipinski definition) is 1. The van der Waals surface area contributed by atoms with Gasteiger partial charge in [0.2, 0.25) is 0 Å². The molecule has 0 aliphatic heterocycles. The summed E-state index contributed by atoms with van der Waals surface area (Å²) in [5.41, 5.74) is 0.185. The number of hydrogen-bond acceptors (Lipinski definition) is 3. The lowest BCUT2D eigenvalue weighted by molar-refractivity contribution is 0.0953. The molecular formula is C17H19FN2O3S. The summed E-state index contributed by atoms with van der Waals surface area (Å²) in [6.45, 7) is 2.43. The molecule has 128 valence electrons. The van der Waals surface area contributed by atoms with Crippen LogP contribution in [0, 0.1) is 5.82 Å². The second-order valence-corrected chi connectivity index (χ2v) is 7.18. The van der Waals surface area contributed by atoms with E-state index < -0.39 is 15.8 Å². The highest BCUT2D eigenvalue weighted by Crippen LogP contribution is 2.24. The van der Waals surface area contributed by atoms with Crippen molar-refractivity contribution >= 4 is 21.6 Å². The molecule has 0 atom stereocenters. The number of rotatable bonds is 6. The van der Waals surface area contributed by atoms with E-state index in [4.69, 9.17) is 0 Å². The summed E-state index contributed by atoms with van der Waals surface area (Å²) in [4.78, 5) is 11.9. The van der Waals surface area contributed by atoms with Gasteiger partial charge in [0.1, 0.15) is 5.82 Å². The largest absolute Gasteiger partial charge is 0.352 e. The van der Waals surface area contributed by atoms with Crippen LogP contribution in [0.4, 0.5) is 10.1 Å². The highest BCUT2D eigenvalue weighted by atomic mass is 32.2. The fourth-order valence-electron chi connectivity index (χ4n) is 2.13. The Morgan fingerprint density at radius 2 is 1.88 bits per heavy atom. The van der Waals surface area contributed by atoms with E-state index in [0.717, 1.165) is 10.7 Å². The van der Waals surface area contributed by atoms with Crippen molar-refractivity contribution in [2.45, 2.75) is 18.2 Å². The zero-order valence-electron chi connectivity index (χ0n) is 13.5. The number of carbonyl (C=O) groups is 1. The van der Waals surface area contributed by atoms with Gasteiger partial charge < -0.3 is 5.32 Å². The van der Waals surface area contributed by atoms with Crippen molar-refractivity contribution < 1.29 is 17.6 Å². The maximum atomic E-state index is 13.9. The monoisotopic (exact) mass is 350 g/mol. The Morgan fingerprint density at radius 1 is 1.17 bits per heavy atom. The van der Waals surface area contributed by atoms with Gasteiger partial charge in [0.15, 0.2) is 0 Å². The molecule has 5 nitrogen and oxygen atoms in total. The van der Waals surface area contributed by atoms with Gasteiger partial charge in [-0.2, -0.15) is 0 Å². The Morgan fingerprint density at radius 3 is 2.54 bits per heavy atom. The summed E-state index contributed by atoms with van der Waals surface area (Å²) in [5, 5.41) is 2.69. The molecule has 2 aromatic rings. The van der Waals surface area contributed by atoms with Gasteiger partial charge in [0.25, 0.3) is 15.9 Å². The molecule has 1 N–H and O–H groups in total. The SMILES string of the molecule is CCCNC(=O)c1cccc(S(=O)(=O)N(C)c2ccccc2F)c1. The first-order chi connectivity index (χ1) is 11.4. The van der Waals surface area contributed by atoms with Crippen LogP contribution >= 0.6 is 0 Å². The number of benzene rings is 2. The molecular weight excluding hydrogens is 331 g/mol. The molecule has 0 fully saturated rings. The molecule has 0 saturated carbocycles. The number of para-hydroxylation sites is 1. The first-order valence-electron chi connectivity index (χ1n) is 7.49. The minimum atomic E-state index is -3.98. The molecule has 2 rings (SSSR count). The zero-order valence-corrected chi connectivity index (χ0v) is 14.3. The van der Waals surface area contributed by atoms with Gasteiger partial charge in [-0.1, -0.05) is 25.1 Å². The normalized spacial score (nSPS) is 11.1. The predicted molar refractivity (Wildman–Crippen MR) is 91.1 cm³/mol. The fourth-order valence-corrected chi connectivity index (χ4v) is 3.38. The first-order valence-corrected chi connectivity index (χ1v) is 8.93. The van der Waals surface area contributed by atoms with Gasteiger partial charge in [0.05, 0.1) is 10.6 Å². The van der Waals surface area contributed by atoms with E-state index in [1.54, 1.807) is 6.07 Å². The van der Waals surface area contributed by atoms with Crippen molar-refractivity contribution in [1.82, 2.24) is 5.32 Å². The van der Waals surface area contributed by atoms with Crippen molar-refractivity contribution in [2.24, 2.45) is 0 Å². The Bertz CT molecular complexity index is 837. The van der Waals surface area contributed by atoms with Crippen molar-refractivity contribution in [3.8, 4) is 0 Å². The average Bonchev–Trinajstić information content (AvgIpc) is 2.59. The van der Waals surface area contributed by atoms with E-state index in [9.17, 15) is 17.6 Å². The Balaban J connectivity index is 2.36. The molecule has 0 radical (unpaired) electrons. The van der Waals surface area contributed by atoms with Crippen molar-refractivity contribution in [1.29, 1.82) is 0 Å². The van der Waals surface area contributed by atoms with Gasteiger partial charge in [-0.25, -0.2) is 12.8 Å². The lowest BCUT2D eigenvalue weighted by atomic mass is 10.2. The van der Waals surface area contributed by atoms with Crippen LogP contribution in [0.1, 0.15) is 23.7 Å². The zero-order chi connectivity index (χ0) is 17.7. The molecule has 0 aromatic heterocycles. The topological polar surface area (TPSA) is 66.5 Å². The lowest BCUT2D eigenvalue weighted by Gasteiger charge is -2.20. The number of halogens is 1.